The van der Waals surface area contributed by atoms with Crippen molar-refractivity contribution in [3.8, 4) is 0 Å². The molecule has 3 aromatic rings. The Labute approximate surface area is 206 Å². The third-order valence-electron chi connectivity index (χ3n) is 8.17. The van der Waals surface area contributed by atoms with Crippen molar-refractivity contribution in [2.45, 2.75) is 57.2 Å². The number of aromatic nitrogens is 2. The van der Waals surface area contributed by atoms with Crippen LogP contribution in [0, 0.1) is 0 Å². The van der Waals surface area contributed by atoms with Crippen LogP contribution in [0.5, 0.6) is 0 Å². The molecule has 1 spiro atoms. The van der Waals surface area contributed by atoms with Crippen LogP contribution in [0.1, 0.15) is 43.1 Å². The Morgan fingerprint density at radius 3 is 2.71 bits per heavy atom. The van der Waals surface area contributed by atoms with Crippen LogP contribution >= 0.6 is 0 Å². The van der Waals surface area contributed by atoms with Gasteiger partial charge in [-0.2, -0.15) is 0 Å². The van der Waals surface area contributed by atoms with E-state index in [1.165, 1.54) is 19.1 Å². The minimum absolute atomic E-state index is 0.106. The largest absolute Gasteiger partial charge is 0.452 e. The van der Waals surface area contributed by atoms with Crippen molar-refractivity contribution >= 4 is 22.8 Å². The summed E-state index contributed by atoms with van der Waals surface area (Å²) in [5.74, 6) is 1.08. The van der Waals surface area contributed by atoms with E-state index < -0.39 is 0 Å². The average Bonchev–Trinajstić information content (AvgIpc) is 3.44. The van der Waals surface area contributed by atoms with Crippen molar-refractivity contribution in [3.05, 3.63) is 59.4 Å². The van der Waals surface area contributed by atoms with E-state index in [4.69, 9.17) is 14.5 Å². The zero-order valence-corrected chi connectivity index (χ0v) is 20.7. The molecule has 1 amide bonds. The average molecular weight is 475 g/mol. The maximum Gasteiger partial charge on any atom is 0.414 e. The lowest BCUT2D eigenvalue weighted by molar-refractivity contribution is -0.137. The molecule has 4 heterocycles. The van der Waals surface area contributed by atoms with Gasteiger partial charge in [-0.1, -0.05) is 30.3 Å². The van der Waals surface area contributed by atoms with Gasteiger partial charge >= 0.3 is 6.09 Å². The summed E-state index contributed by atoms with van der Waals surface area (Å²) < 4.78 is 13.4. The number of ether oxygens (including phenoxy) is 2. The minimum atomic E-state index is -0.303. The summed E-state index contributed by atoms with van der Waals surface area (Å²) in [5.41, 5.74) is 5.64. The fraction of sp³-hybridized carbons (Fsp3) is 0.500. The summed E-state index contributed by atoms with van der Waals surface area (Å²) in [6.07, 6.45) is 4.63. The van der Waals surface area contributed by atoms with Gasteiger partial charge in [-0.25, -0.2) is 9.78 Å². The summed E-state index contributed by atoms with van der Waals surface area (Å²) in [6, 6.07) is 14.9. The van der Waals surface area contributed by atoms with Gasteiger partial charge in [-0.3, -0.25) is 9.80 Å². The van der Waals surface area contributed by atoms with Crippen LogP contribution in [0.2, 0.25) is 0 Å². The summed E-state index contributed by atoms with van der Waals surface area (Å²) in [4.78, 5) is 22.1. The highest BCUT2D eigenvalue weighted by molar-refractivity contribution is 5.95. The molecule has 2 saturated heterocycles. The first-order valence-electron chi connectivity index (χ1n) is 12.9. The molecule has 0 N–H and O–H groups in total. The number of anilines is 1. The van der Waals surface area contributed by atoms with Crippen LogP contribution in [0.15, 0.2) is 42.5 Å². The Morgan fingerprint density at radius 1 is 1.17 bits per heavy atom. The molecule has 7 heteroatoms. The fourth-order valence-electron chi connectivity index (χ4n) is 6.09. The number of amides is 1. The maximum absolute atomic E-state index is 12.6. The number of benzene rings is 2. The number of aryl methyl sites for hydroxylation is 1. The summed E-state index contributed by atoms with van der Waals surface area (Å²) >= 11 is 0. The summed E-state index contributed by atoms with van der Waals surface area (Å²) in [5, 5.41) is 0. The third kappa shape index (κ3) is 4.00. The van der Waals surface area contributed by atoms with Crippen LogP contribution in [0.4, 0.5) is 10.5 Å². The molecule has 1 aromatic heterocycles. The zero-order chi connectivity index (χ0) is 24.0. The van der Waals surface area contributed by atoms with Gasteiger partial charge in [0.15, 0.2) is 0 Å². The minimum Gasteiger partial charge on any atom is -0.452 e. The van der Waals surface area contributed by atoms with Crippen LogP contribution < -0.4 is 4.90 Å². The van der Waals surface area contributed by atoms with Crippen molar-refractivity contribution < 1.29 is 14.3 Å². The second kappa shape index (κ2) is 8.95. The van der Waals surface area contributed by atoms with Crippen molar-refractivity contribution in [2.75, 3.05) is 38.3 Å². The number of fused-ring (bicyclic) bond motifs is 3. The van der Waals surface area contributed by atoms with E-state index in [1.54, 1.807) is 4.90 Å². The number of hydrogen-bond donors (Lipinski definition) is 0. The van der Waals surface area contributed by atoms with Gasteiger partial charge in [0, 0.05) is 50.6 Å². The van der Waals surface area contributed by atoms with Crippen molar-refractivity contribution in [2.24, 2.45) is 0 Å². The number of carbonyl (C=O) groups excluding carboxylic acids is 1. The van der Waals surface area contributed by atoms with E-state index in [-0.39, 0.29) is 17.7 Å². The molecular formula is C28H34N4O3. The molecule has 3 aliphatic rings. The Balaban J connectivity index is 1.36. The van der Waals surface area contributed by atoms with E-state index in [0.29, 0.717) is 0 Å². The van der Waals surface area contributed by atoms with Gasteiger partial charge in [-0.15, -0.1) is 0 Å². The monoisotopic (exact) mass is 474 g/mol. The van der Waals surface area contributed by atoms with Crippen LogP contribution in [-0.4, -0.2) is 65.5 Å². The predicted octanol–water partition coefficient (Wildman–Crippen LogP) is 4.40. The molecule has 35 heavy (non-hydrogen) atoms. The van der Waals surface area contributed by atoms with Crippen LogP contribution in [-0.2, 0) is 28.9 Å². The first-order chi connectivity index (χ1) is 17.1. The number of rotatable bonds is 5. The van der Waals surface area contributed by atoms with E-state index in [2.05, 4.69) is 58.9 Å². The van der Waals surface area contributed by atoms with Crippen LogP contribution in [0.25, 0.3) is 11.0 Å². The number of likely N-dealkylation sites (tertiary alicyclic amines) is 1. The highest BCUT2D eigenvalue weighted by Crippen LogP contribution is 2.38. The summed E-state index contributed by atoms with van der Waals surface area (Å²) in [7, 11) is 1.45. The van der Waals surface area contributed by atoms with E-state index in [9.17, 15) is 4.79 Å². The molecule has 3 aliphatic heterocycles. The van der Waals surface area contributed by atoms with Gasteiger partial charge in [0.05, 0.1) is 36.0 Å². The first-order valence-corrected chi connectivity index (χ1v) is 12.9. The molecular weight excluding hydrogens is 440 g/mol. The lowest BCUT2D eigenvalue weighted by atomic mass is 9.94. The Morgan fingerprint density at radius 2 is 2.00 bits per heavy atom. The molecule has 2 aromatic carbocycles. The molecule has 0 unspecified atom stereocenters. The summed E-state index contributed by atoms with van der Waals surface area (Å²) in [6.45, 7) is 7.01. The maximum atomic E-state index is 12.6. The number of nitrogens with zero attached hydrogens (tertiary/aromatic N) is 4. The van der Waals surface area contributed by atoms with Gasteiger partial charge < -0.3 is 14.0 Å². The van der Waals surface area contributed by atoms with Gasteiger partial charge in [-0.05, 0) is 43.9 Å². The van der Waals surface area contributed by atoms with E-state index in [0.717, 1.165) is 86.6 Å². The van der Waals surface area contributed by atoms with Crippen LogP contribution in [0.3, 0.4) is 0 Å². The lowest BCUT2D eigenvalue weighted by Gasteiger charge is -2.38. The fourth-order valence-corrected chi connectivity index (χ4v) is 6.09. The molecule has 0 aliphatic carbocycles. The topological polar surface area (TPSA) is 59.8 Å². The molecule has 6 rings (SSSR count). The normalized spacial score (nSPS) is 24.1. The van der Waals surface area contributed by atoms with Crippen molar-refractivity contribution in [1.29, 1.82) is 0 Å². The zero-order valence-electron chi connectivity index (χ0n) is 20.7. The number of imidazole rings is 1. The van der Waals surface area contributed by atoms with E-state index >= 15 is 0 Å². The number of methoxy groups -OCH3 is 1. The Bertz CT molecular complexity index is 1230. The van der Waals surface area contributed by atoms with E-state index in [1.807, 2.05) is 0 Å². The number of hydrogen-bond acceptors (Lipinski definition) is 5. The Hall–Kier alpha value is -2.90. The first kappa shape index (κ1) is 22.6. The lowest BCUT2D eigenvalue weighted by Crippen LogP contribution is -2.46. The highest BCUT2D eigenvalue weighted by atomic mass is 16.5. The van der Waals surface area contributed by atoms with Crippen molar-refractivity contribution in [3.63, 3.8) is 0 Å². The Kier molecular flexibility index (Phi) is 5.77. The second-order valence-electron chi connectivity index (χ2n) is 10.3. The standard InChI is InChI=1S/C28H34N4O3/c1-20-8-9-22-23(32(20)27(33)34-2)10-11-24-26(22)29-25(18-21-6-4-3-5-7-21)31(24)16-15-30-14-12-28(19-30)13-17-35-28/h3-7,10-11,20H,8-9,12-19H2,1-2H3/t20-,28-/m0/s1. The molecule has 0 bridgehead atoms. The molecule has 2 atom stereocenters. The highest BCUT2D eigenvalue weighted by Gasteiger charge is 2.44. The quantitative estimate of drug-likeness (QED) is 0.549. The molecule has 184 valence electrons. The number of carbonyl (C=O) groups is 1. The van der Waals surface area contributed by atoms with Gasteiger partial charge in [0.2, 0.25) is 0 Å². The van der Waals surface area contributed by atoms with Gasteiger partial charge in [0.1, 0.15) is 5.82 Å². The predicted molar refractivity (Wildman–Crippen MR) is 136 cm³/mol. The second-order valence-corrected chi connectivity index (χ2v) is 10.3. The third-order valence-corrected chi connectivity index (χ3v) is 8.17. The molecule has 0 radical (unpaired) electrons. The smallest absolute Gasteiger partial charge is 0.414 e. The SMILES string of the molecule is COC(=O)N1c2ccc3c(nc(Cc4ccccc4)n3CCN3CC[C@]4(CCO4)C3)c2CC[C@@H]1C. The van der Waals surface area contributed by atoms with Gasteiger partial charge in [0.25, 0.3) is 0 Å². The molecule has 2 fully saturated rings. The molecule has 0 saturated carbocycles. The van der Waals surface area contributed by atoms with Crippen molar-refractivity contribution in [1.82, 2.24) is 14.5 Å². The molecule has 7 nitrogen and oxygen atoms in total.